The van der Waals surface area contributed by atoms with E-state index in [9.17, 15) is 14.4 Å². The lowest BCUT2D eigenvalue weighted by molar-refractivity contribution is 0.0600. The van der Waals surface area contributed by atoms with Gasteiger partial charge in [-0.1, -0.05) is 0 Å². The van der Waals surface area contributed by atoms with Crippen molar-refractivity contribution in [3.63, 3.8) is 0 Å². The van der Waals surface area contributed by atoms with E-state index in [0.29, 0.717) is 11.3 Å². The average Bonchev–Trinajstić information content (AvgIpc) is 2.70. The molecule has 8 nitrogen and oxygen atoms in total. The lowest BCUT2D eigenvalue weighted by Crippen LogP contribution is -2.25. The van der Waals surface area contributed by atoms with Gasteiger partial charge in [-0.2, -0.15) is 0 Å². The first kappa shape index (κ1) is 19.0. The standard InChI is InChI=1S/C20H17NO7/c1-21(2)20(24)28-14-8-9-15-16(10-14)26-11-17(18(15)22)27-13-6-4-12(5-7-13)19(23)25-3/h4-11H,1-3H3. The van der Waals surface area contributed by atoms with E-state index < -0.39 is 12.1 Å². The van der Waals surface area contributed by atoms with Crippen molar-refractivity contribution in [3.05, 3.63) is 64.5 Å². The van der Waals surface area contributed by atoms with E-state index in [1.807, 2.05) is 0 Å². The van der Waals surface area contributed by atoms with Gasteiger partial charge in [0.25, 0.3) is 0 Å². The maximum absolute atomic E-state index is 12.6. The van der Waals surface area contributed by atoms with Crippen molar-refractivity contribution in [2.45, 2.75) is 0 Å². The van der Waals surface area contributed by atoms with Crippen LogP contribution in [0.5, 0.6) is 17.2 Å². The Labute approximate surface area is 159 Å². The number of methoxy groups -OCH3 is 1. The van der Waals surface area contributed by atoms with Gasteiger partial charge >= 0.3 is 12.1 Å². The van der Waals surface area contributed by atoms with Gasteiger partial charge in [0.1, 0.15) is 23.3 Å². The number of benzene rings is 2. The summed E-state index contributed by atoms with van der Waals surface area (Å²) in [5.41, 5.74) is 0.228. The number of fused-ring (bicyclic) bond motifs is 1. The first-order valence-corrected chi connectivity index (χ1v) is 8.20. The normalized spacial score (nSPS) is 10.4. The summed E-state index contributed by atoms with van der Waals surface area (Å²) in [4.78, 5) is 37.0. The summed E-state index contributed by atoms with van der Waals surface area (Å²) in [5, 5.41) is 0.272. The highest BCUT2D eigenvalue weighted by atomic mass is 16.6. The van der Waals surface area contributed by atoms with E-state index in [1.54, 1.807) is 26.2 Å². The Bertz CT molecular complexity index is 1080. The molecule has 0 fully saturated rings. The van der Waals surface area contributed by atoms with Crippen LogP contribution in [0.15, 0.2) is 57.9 Å². The SMILES string of the molecule is COC(=O)c1ccc(Oc2coc3cc(OC(=O)N(C)C)ccc3c2=O)cc1. The molecule has 0 saturated heterocycles. The lowest BCUT2D eigenvalue weighted by atomic mass is 10.2. The molecule has 0 radical (unpaired) electrons. The average molecular weight is 383 g/mol. The van der Waals surface area contributed by atoms with E-state index in [2.05, 4.69) is 4.74 Å². The zero-order chi connectivity index (χ0) is 20.3. The number of amides is 1. The summed E-state index contributed by atoms with van der Waals surface area (Å²) in [7, 11) is 4.41. The third-order valence-corrected chi connectivity index (χ3v) is 3.79. The Morgan fingerprint density at radius 2 is 1.68 bits per heavy atom. The molecule has 1 amide bonds. The van der Waals surface area contributed by atoms with E-state index >= 15 is 0 Å². The van der Waals surface area contributed by atoms with E-state index in [0.717, 1.165) is 0 Å². The minimum Gasteiger partial charge on any atom is -0.465 e. The predicted molar refractivity (Wildman–Crippen MR) is 100 cm³/mol. The largest absolute Gasteiger partial charge is 0.465 e. The number of carbonyl (C=O) groups excluding carboxylic acids is 2. The molecule has 0 saturated carbocycles. The molecule has 3 rings (SSSR count). The molecule has 28 heavy (non-hydrogen) atoms. The van der Waals surface area contributed by atoms with Crippen molar-refractivity contribution in [3.8, 4) is 17.2 Å². The second-order valence-corrected chi connectivity index (χ2v) is 5.97. The van der Waals surface area contributed by atoms with Crippen molar-refractivity contribution in [1.82, 2.24) is 4.90 Å². The quantitative estimate of drug-likeness (QED) is 0.637. The molecule has 1 aromatic heterocycles. The van der Waals surface area contributed by atoms with Gasteiger partial charge in [-0.25, -0.2) is 9.59 Å². The molecule has 3 aromatic rings. The van der Waals surface area contributed by atoms with Gasteiger partial charge < -0.3 is 23.5 Å². The van der Waals surface area contributed by atoms with E-state index in [-0.39, 0.29) is 27.9 Å². The third kappa shape index (κ3) is 3.96. The second-order valence-electron chi connectivity index (χ2n) is 5.97. The van der Waals surface area contributed by atoms with Crippen molar-refractivity contribution in [1.29, 1.82) is 0 Å². The monoisotopic (exact) mass is 383 g/mol. The fourth-order valence-electron chi connectivity index (χ4n) is 2.32. The predicted octanol–water partition coefficient (Wildman–Crippen LogP) is 3.43. The van der Waals surface area contributed by atoms with Crippen LogP contribution in [0.2, 0.25) is 0 Å². The number of hydrogen-bond donors (Lipinski definition) is 0. The first-order chi connectivity index (χ1) is 13.4. The summed E-state index contributed by atoms with van der Waals surface area (Å²) in [5.74, 6) is 0.121. The molecule has 0 spiro atoms. The molecule has 0 unspecified atom stereocenters. The smallest absolute Gasteiger partial charge is 0.414 e. The maximum Gasteiger partial charge on any atom is 0.414 e. The summed E-state index contributed by atoms with van der Waals surface area (Å²) in [6.45, 7) is 0. The first-order valence-electron chi connectivity index (χ1n) is 8.20. The summed E-state index contributed by atoms with van der Waals surface area (Å²) < 4.78 is 20.8. The number of hydrogen-bond acceptors (Lipinski definition) is 7. The minimum atomic E-state index is -0.544. The Hall–Kier alpha value is -3.81. The lowest BCUT2D eigenvalue weighted by Gasteiger charge is -2.11. The van der Waals surface area contributed by atoms with Gasteiger partial charge in [-0.05, 0) is 36.4 Å². The number of rotatable bonds is 4. The van der Waals surface area contributed by atoms with Gasteiger partial charge in [0.2, 0.25) is 11.2 Å². The molecule has 1 heterocycles. The van der Waals surface area contributed by atoms with Crippen LogP contribution in [0.3, 0.4) is 0 Å². The number of esters is 1. The fourth-order valence-corrected chi connectivity index (χ4v) is 2.32. The van der Waals surface area contributed by atoms with E-state index in [1.165, 1.54) is 48.6 Å². The maximum atomic E-state index is 12.6. The molecule has 2 aromatic carbocycles. The Morgan fingerprint density at radius 3 is 2.32 bits per heavy atom. The highest BCUT2D eigenvalue weighted by molar-refractivity contribution is 5.89. The third-order valence-electron chi connectivity index (χ3n) is 3.79. The van der Waals surface area contributed by atoms with Crippen LogP contribution in [0.25, 0.3) is 11.0 Å². The molecule has 0 atom stereocenters. The fraction of sp³-hybridized carbons (Fsp3) is 0.150. The zero-order valence-corrected chi connectivity index (χ0v) is 15.4. The minimum absolute atomic E-state index is 0.0173. The Kier molecular flexibility index (Phi) is 5.30. The van der Waals surface area contributed by atoms with Gasteiger partial charge in [-0.15, -0.1) is 0 Å². The summed E-state index contributed by atoms with van der Waals surface area (Å²) in [6, 6.07) is 10.6. The number of ether oxygens (including phenoxy) is 3. The van der Waals surface area contributed by atoms with Gasteiger partial charge in [0.15, 0.2) is 0 Å². The molecule has 0 aliphatic rings. The van der Waals surface area contributed by atoms with Crippen LogP contribution in [0.4, 0.5) is 4.79 Å². The Balaban J connectivity index is 1.85. The topological polar surface area (TPSA) is 95.3 Å². The van der Waals surface area contributed by atoms with Crippen LogP contribution >= 0.6 is 0 Å². The highest BCUT2D eigenvalue weighted by Gasteiger charge is 2.13. The zero-order valence-electron chi connectivity index (χ0n) is 15.4. The highest BCUT2D eigenvalue weighted by Crippen LogP contribution is 2.24. The molecule has 0 aliphatic carbocycles. The number of carbonyl (C=O) groups is 2. The van der Waals surface area contributed by atoms with Crippen LogP contribution in [0.1, 0.15) is 10.4 Å². The summed E-state index contributed by atoms with van der Waals surface area (Å²) >= 11 is 0. The van der Waals surface area contributed by atoms with Crippen molar-refractivity contribution < 1.29 is 28.2 Å². The molecule has 8 heteroatoms. The van der Waals surface area contributed by atoms with Crippen LogP contribution in [-0.2, 0) is 4.74 Å². The molecule has 0 bridgehead atoms. The molecule has 0 aliphatic heterocycles. The van der Waals surface area contributed by atoms with Gasteiger partial charge in [0.05, 0.1) is 18.1 Å². The van der Waals surface area contributed by atoms with Crippen LogP contribution < -0.4 is 14.9 Å². The van der Waals surface area contributed by atoms with Crippen molar-refractivity contribution in [2.75, 3.05) is 21.2 Å². The van der Waals surface area contributed by atoms with Crippen molar-refractivity contribution in [2.24, 2.45) is 0 Å². The molecular formula is C20H17NO7. The molecule has 0 N–H and O–H groups in total. The molecule has 144 valence electrons. The van der Waals surface area contributed by atoms with Crippen molar-refractivity contribution >= 4 is 23.0 Å². The number of nitrogens with zero attached hydrogens (tertiary/aromatic N) is 1. The van der Waals surface area contributed by atoms with Crippen LogP contribution in [0, 0.1) is 0 Å². The van der Waals surface area contributed by atoms with E-state index in [4.69, 9.17) is 13.9 Å². The van der Waals surface area contributed by atoms with Gasteiger partial charge in [0, 0.05) is 20.2 Å². The van der Waals surface area contributed by atoms with Crippen LogP contribution in [-0.4, -0.2) is 38.2 Å². The second kappa shape index (κ2) is 7.83. The Morgan fingerprint density at radius 1 is 1.00 bits per heavy atom. The summed E-state index contributed by atoms with van der Waals surface area (Å²) in [6.07, 6.45) is 0.633. The van der Waals surface area contributed by atoms with Gasteiger partial charge in [-0.3, -0.25) is 4.79 Å². The molecular weight excluding hydrogens is 366 g/mol.